The molecule has 0 aliphatic carbocycles. The molecule has 1 aromatic carbocycles. The predicted octanol–water partition coefficient (Wildman–Crippen LogP) is 1.25. The zero-order valence-corrected chi connectivity index (χ0v) is 10.1. The first-order chi connectivity index (χ1) is 9.13. The van der Waals surface area contributed by atoms with Gasteiger partial charge in [0.2, 0.25) is 0 Å². The molecule has 0 saturated heterocycles. The van der Waals surface area contributed by atoms with Gasteiger partial charge in [0.25, 0.3) is 5.91 Å². The summed E-state index contributed by atoms with van der Waals surface area (Å²) in [5, 5.41) is 23.5. The Morgan fingerprint density at radius 3 is 3.05 bits per heavy atom. The summed E-state index contributed by atoms with van der Waals surface area (Å²) in [4.78, 5) is 12.0. The van der Waals surface area contributed by atoms with Crippen molar-refractivity contribution in [2.24, 2.45) is 7.05 Å². The van der Waals surface area contributed by atoms with E-state index < -0.39 is 0 Å². The molecule has 3 rings (SSSR count). The Labute approximate surface area is 107 Å². The SMILES string of the molecule is Cn1cc(C(=O)Nc2n[nH]c3cc(O)ccc23)cn1. The lowest BCUT2D eigenvalue weighted by molar-refractivity contribution is 0.102. The van der Waals surface area contributed by atoms with Crippen molar-refractivity contribution >= 4 is 22.6 Å². The highest BCUT2D eigenvalue weighted by Gasteiger charge is 2.12. The minimum atomic E-state index is -0.283. The molecule has 0 aliphatic rings. The fourth-order valence-electron chi connectivity index (χ4n) is 1.82. The van der Waals surface area contributed by atoms with E-state index in [-0.39, 0.29) is 11.7 Å². The number of anilines is 1. The number of rotatable bonds is 2. The summed E-state index contributed by atoms with van der Waals surface area (Å²) in [6.45, 7) is 0. The first kappa shape index (κ1) is 11.3. The number of nitrogens with zero attached hydrogens (tertiary/aromatic N) is 3. The van der Waals surface area contributed by atoms with Gasteiger partial charge in [-0.15, -0.1) is 0 Å². The molecule has 0 aliphatic heterocycles. The lowest BCUT2D eigenvalue weighted by Gasteiger charge is -1.99. The molecule has 96 valence electrons. The molecule has 3 N–H and O–H groups in total. The molecule has 0 radical (unpaired) electrons. The Bertz CT molecular complexity index is 758. The molecule has 7 nitrogen and oxygen atoms in total. The van der Waals surface area contributed by atoms with E-state index in [9.17, 15) is 9.90 Å². The number of aromatic nitrogens is 4. The number of hydrogen-bond acceptors (Lipinski definition) is 4. The van der Waals surface area contributed by atoms with Crippen LogP contribution in [0.1, 0.15) is 10.4 Å². The fraction of sp³-hybridized carbons (Fsp3) is 0.0833. The largest absolute Gasteiger partial charge is 0.508 e. The van der Waals surface area contributed by atoms with E-state index in [0.29, 0.717) is 16.9 Å². The van der Waals surface area contributed by atoms with Gasteiger partial charge in [-0.25, -0.2) is 0 Å². The number of amides is 1. The van der Waals surface area contributed by atoms with Crippen LogP contribution in [0.4, 0.5) is 5.82 Å². The maximum absolute atomic E-state index is 12.0. The van der Waals surface area contributed by atoms with E-state index in [1.54, 1.807) is 30.1 Å². The van der Waals surface area contributed by atoms with Crippen LogP contribution in [0.2, 0.25) is 0 Å². The molecule has 2 heterocycles. The van der Waals surface area contributed by atoms with Gasteiger partial charge in [-0.05, 0) is 12.1 Å². The summed E-state index contributed by atoms with van der Waals surface area (Å²) >= 11 is 0. The number of carbonyl (C=O) groups excluding carboxylic acids is 1. The second kappa shape index (κ2) is 4.13. The van der Waals surface area contributed by atoms with Crippen LogP contribution in [0.25, 0.3) is 10.9 Å². The van der Waals surface area contributed by atoms with E-state index in [1.165, 1.54) is 12.3 Å². The molecule has 19 heavy (non-hydrogen) atoms. The Morgan fingerprint density at radius 2 is 2.32 bits per heavy atom. The normalized spacial score (nSPS) is 10.8. The maximum atomic E-state index is 12.0. The number of aromatic hydroxyl groups is 1. The van der Waals surface area contributed by atoms with Crippen LogP contribution < -0.4 is 5.32 Å². The second-order valence-electron chi connectivity index (χ2n) is 4.16. The summed E-state index contributed by atoms with van der Waals surface area (Å²) in [7, 11) is 1.74. The van der Waals surface area contributed by atoms with Crippen LogP contribution >= 0.6 is 0 Å². The molecule has 1 amide bonds. The van der Waals surface area contributed by atoms with E-state index in [0.717, 1.165) is 5.39 Å². The van der Waals surface area contributed by atoms with Crippen molar-refractivity contribution in [3.8, 4) is 5.75 Å². The summed E-state index contributed by atoms with van der Waals surface area (Å²) in [6, 6.07) is 4.77. The Kier molecular flexibility index (Phi) is 2.45. The van der Waals surface area contributed by atoms with Gasteiger partial charge in [-0.2, -0.15) is 10.2 Å². The van der Waals surface area contributed by atoms with Crippen LogP contribution in [-0.2, 0) is 7.05 Å². The van der Waals surface area contributed by atoms with Crippen LogP contribution in [0.15, 0.2) is 30.6 Å². The Hall–Kier alpha value is -2.83. The third-order valence-corrected chi connectivity index (χ3v) is 2.75. The van der Waals surface area contributed by atoms with Crippen molar-refractivity contribution in [1.82, 2.24) is 20.0 Å². The van der Waals surface area contributed by atoms with E-state index in [1.807, 2.05) is 0 Å². The van der Waals surface area contributed by atoms with Gasteiger partial charge in [0.15, 0.2) is 5.82 Å². The number of carbonyl (C=O) groups is 1. The van der Waals surface area contributed by atoms with Crippen molar-refractivity contribution in [2.45, 2.75) is 0 Å². The predicted molar refractivity (Wildman–Crippen MR) is 68.9 cm³/mol. The van der Waals surface area contributed by atoms with Gasteiger partial charge in [0.05, 0.1) is 17.3 Å². The van der Waals surface area contributed by atoms with Gasteiger partial charge < -0.3 is 10.4 Å². The summed E-state index contributed by atoms with van der Waals surface area (Å²) < 4.78 is 1.55. The number of benzene rings is 1. The van der Waals surface area contributed by atoms with Crippen LogP contribution in [0, 0.1) is 0 Å². The maximum Gasteiger partial charge on any atom is 0.260 e. The molecule has 0 spiro atoms. The van der Waals surface area contributed by atoms with Crippen LogP contribution in [-0.4, -0.2) is 31.0 Å². The molecule has 0 fully saturated rings. The Morgan fingerprint density at radius 1 is 1.47 bits per heavy atom. The highest BCUT2D eigenvalue weighted by Crippen LogP contribution is 2.24. The van der Waals surface area contributed by atoms with E-state index in [2.05, 4.69) is 20.6 Å². The highest BCUT2D eigenvalue weighted by atomic mass is 16.3. The average Bonchev–Trinajstić information content (AvgIpc) is 2.96. The van der Waals surface area contributed by atoms with Crippen molar-refractivity contribution in [3.05, 3.63) is 36.2 Å². The summed E-state index contributed by atoms with van der Waals surface area (Å²) in [5.74, 6) is 0.278. The smallest absolute Gasteiger partial charge is 0.260 e. The molecular formula is C12H11N5O2. The number of hydrogen-bond donors (Lipinski definition) is 3. The monoisotopic (exact) mass is 257 g/mol. The lowest BCUT2D eigenvalue weighted by Crippen LogP contribution is -2.11. The van der Waals surface area contributed by atoms with Crippen molar-refractivity contribution in [3.63, 3.8) is 0 Å². The van der Waals surface area contributed by atoms with Crippen LogP contribution in [0.3, 0.4) is 0 Å². The van der Waals surface area contributed by atoms with E-state index >= 15 is 0 Å². The van der Waals surface area contributed by atoms with Crippen LogP contribution in [0.5, 0.6) is 5.75 Å². The number of phenolic OH excluding ortho intramolecular Hbond substituents is 1. The Balaban J connectivity index is 1.91. The molecule has 3 aromatic rings. The van der Waals surface area contributed by atoms with Crippen molar-refractivity contribution in [2.75, 3.05) is 5.32 Å². The molecule has 7 heteroatoms. The van der Waals surface area contributed by atoms with Gasteiger partial charge in [0, 0.05) is 24.7 Å². The average molecular weight is 257 g/mol. The quantitative estimate of drug-likeness (QED) is 0.643. The molecule has 2 aromatic heterocycles. The topological polar surface area (TPSA) is 95.8 Å². The molecule has 0 bridgehead atoms. The van der Waals surface area contributed by atoms with Crippen molar-refractivity contribution < 1.29 is 9.90 Å². The lowest BCUT2D eigenvalue weighted by atomic mass is 10.2. The molecule has 0 unspecified atom stereocenters. The minimum absolute atomic E-state index is 0.140. The van der Waals surface area contributed by atoms with Gasteiger partial charge >= 0.3 is 0 Å². The number of H-pyrrole nitrogens is 1. The molecular weight excluding hydrogens is 246 g/mol. The second-order valence-corrected chi connectivity index (χ2v) is 4.16. The standard InChI is InChI=1S/C12H11N5O2/c1-17-6-7(5-13-17)12(19)14-11-9-3-2-8(18)4-10(9)15-16-11/h2-6,18H,1H3,(H2,14,15,16,19). The zero-order chi connectivity index (χ0) is 13.4. The first-order valence-electron chi connectivity index (χ1n) is 5.60. The number of fused-ring (bicyclic) bond motifs is 1. The van der Waals surface area contributed by atoms with Gasteiger partial charge in [-0.1, -0.05) is 0 Å². The number of aromatic amines is 1. The molecule has 0 atom stereocenters. The fourth-order valence-corrected chi connectivity index (χ4v) is 1.82. The molecule has 0 saturated carbocycles. The minimum Gasteiger partial charge on any atom is -0.508 e. The highest BCUT2D eigenvalue weighted by molar-refractivity contribution is 6.07. The van der Waals surface area contributed by atoms with Crippen molar-refractivity contribution in [1.29, 1.82) is 0 Å². The van der Waals surface area contributed by atoms with Gasteiger partial charge in [-0.3, -0.25) is 14.6 Å². The van der Waals surface area contributed by atoms with E-state index in [4.69, 9.17) is 0 Å². The zero-order valence-electron chi connectivity index (χ0n) is 10.1. The number of phenols is 1. The summed E-state index contributed by atoms with van der Waals surface area (Å²) in [6.07, 6.45) is 3.10. The van der Waals surface area contributed by atoms with Gasteiger partial charge in [0.1, 0.15) is 5.75 Å². The third-order valence-electron chi connectivity index (χ3n) is 2.75. The third kappa shape index (κ3) is 2.01. The first-order valence-corrected chi connectivity index (χ1v) is 5.60. The number of aryl methyl sites for hydroxylation is 1. The number of nitrogens with one attached hydrogen (secondary N) is 2. The summed E-state index contributed by atoms with van der Waals surface area (Å²) in [5.41, 5.74) is 1.11.